The van der Waals surface area contributed by atoms with E-state index in [1.165, 1.54) is 30.5 Å². The van der Waals surface area contributed by atoms with Gasteiger partial charge in [-0.25, -0.2) is 17.6 Å². The maximum absolute atomic E-state index is 16.8. The van der Waals surface area contributed by atoms with E-state index in [1.54, 1.807) is 6.92 Å². The minimum atomic E-state index is -2.52. The fourth-order valence-electron chi connectivity index (χ4n) is 7.70. The highest BCUT2D eigenvalue weighted by Crippen LogP contribution is 2.41. The number of anilines is 1. The minimum Gasteiger partial charge on any atom is -0.508 e. The molecule has 47 heavy (non-hydrogen) atoms. The number of alkyl halides is 2. The third-order valence-corrected chi connectivity index (χ3v) is 10.1. The van der Waals surface area contributed by atoms with E-state index < -0.39 is 29.4 Å². The van der Waals surface area contributed by atoms with E-state index in [0.717, 1.165) is 19.4 Å². The summed E-state index contributed by atoms with van der Waals surface area (Å²) >= 11 is 0. The number of piperidine rings is 1. The molecule has 0 aliphatic carbocycles. The van der Waals surface area contributed by atoms with Crippen LogP contribution in [0.1, 0.15) is 38.7 Å². The van der Waals surface area contributed by atoms with Gasteiger partial charge in [0.2, 0.25) is 6.43 Å². The van der Waals surface area contributed by atoms with Gasteiger partial charge in [-0.2, -0.15) is 9.97 Å². The van der Waals surface area contributed by atoms with Crippen LogP contribution in [0.4, 0.5) is 23.4 Å². The van der Waals surface area contributed by atoms with Crippen LogP contribution >= 0.6 is 0 Å². The van der Waals surface area contributed by atoms with Gasteiger partial charge in [-0.05, 0) is 55.9 Å². The molecule has 0 spiro atoms. The van der Waals surface area contributed by atoms with Crippen molar-refractivity contribution >= 4 is 27.5 Å². The molecule has 3 aliphatic rings. The second kappa shape index (κ2) is 12.1. The highest BCUT2D eigenvalue weighted by Gasteiger charge is 2.45. The number of rotatable bonds is 7. The molecular weight excluding hydrogens is 612 g/mol. The van der Waals surface area contributed by atoms with Gasteiger partial charge in [0.25, 0.3) is 0 Å². The molecule has 4 aromatic rings. The molecule has 0 radical (unpaired) electrons. The maximum Gasteiger partial charge on any atom is 0.319 e. The molecule has 0 amide bonds. The number of benzene rings is 2. The Labute approximate surface area is 270 Å². The highest BCUT2D eigenvalue weighted by atomic mass is 19.3. The number of aromatic nitrogens is 3. The smallest absolute Gasteiger partial charge is 0.319 e. The fourth-order valence-corrected chi connectivity index (χ4v) is 7.70. The number of pyridine rings is 1. The van der Waals surface area contributed by atoms with E-state index in [4.69, 9.17) is 16.1 Å². The second-order valence-corrected chi connectivity index (χ2v) is 13.3. The second-order valence-electron chi connectivity index (χ2n) is 13.3. The summed E-state index contributed by atoms with van der Waals surface area (Å²) in [6.45, 7) is 6.68. The predicted octanol–water partition coefficient (Wildman–Crippen LogP) is 5.74. The molecule has 2 N–H and O–H groups in total. The summed E-state index contributed by atoms with van der Waals surface area (Å²) in [6.07, 6.45) is 6.96. The summed E-state index contributed by atoms with van der Waals surface area (Å²) in [7, 11) is 0. The van der Waals surface area contributed by atoms with Gasteiger partial charge in [0.05, 0.1) is 17.6 Å². The van der Waals surface area contributed by atoms with Crippen molar-refractivity contribution in [1.29, 1.82) is 0 Å². The third-order valence-electron chi connectivity index (χ3n) is 10.1. The molecular formula is C35H36F4N6O2. The summed E-state index contributed by atoms with van der Waals surface area (Å²) in [5, 5.41) is 15.1. The van der Waals surface area contributed by atoms with Crippen LogP contribution in [-0.2, 0) is 0 Å². The van der Waals surface area contributed by atoms with Gasteiger partial charge in [-0.1, -0.05) is 25.8 Å². The number of hydrogen-bond donors (Lipinski definition) is 2. The lowest BCUT2D eigenvalue weighted by molar-refractivity contribution is -0.0721. The monoisotopic (exact) mass is 648 g/mol. The average molecular weight is 649 g/mol. The third kappa shape index (κ3) is 5.59. The van der Waals surface area contributed by atoms with Gasteiger partial charge >= 0.3 is 6.01 Å². The van der Waals surface area contributed by atoms with Crippen molar-refractivity contribution in [3.05, 3.63) is 47.7 Å². The average Bonchev–Trinajstić information content (AvgIpc) is 3.40. The number of halogens is 4. The number of hydrogen-bond acceptors (Lipinski definition) is 8. The number of nitrogens with one attached hydrogen (secondary N) is 1. The normalized spacial score (nSPS) is 24.7. The number of fused-ring (bicyclic) bond motifs is 4. The van der Waals surface area contributed by atoms with Gasteiger partial charge in [0.15, 0.2) is 5.82 Å². The lowest BCUT2D eigenvalue weighted by Gasteiger charge is -2.45. The summed E-state index contributed by atoms with van der Waals surface area (Å²) in [5.74, 6) is 0.225. The van der Waals surface area contributed by atoms with Crippen LogP contribution in [0.2, 0.25) is 0 Å². The van der Waals surface area contributed by atoms with Gasteiger partial charge < -0.3 is 25.0 Å². The zero-order valence-electron chi connectivity index (χ0n) is 26.2. The molecule has 0 saturated carbocycles. The molecule has 8 nitrogen and oxygen atoms in total. The predicted molar refractivity (Wildman–Crippen MR) is 172 cm³/mol. The molecule has 3 aliphatic heterocycles. The number of phenols is 1. The van der Waals surface area contributed by atoms with Gasteiger partial charge in [0, 0.05) is 60.2 Å². The maximum atomic E-state index is 16.8. The summed E-state index contributed by atoms with van der Waals surface area (Å²) in [5.41, 5.74) is -1.16. The van der Waals surface area contributed by atoms with Gasteiger partial charge in [-0.15, -0.1) is 6.42 Å². The van der Waals surface area contributed by atoms with Crippen LogP contribution in [0.15, 0.2) is 30.5 Å². The molecule has 12 heteroatoms. The number of aromatic hydroxyl groups is 1. The Balaban J connectivity index is 1.36. The molecule has 2 bridgehead atoms. The topological polar surface area (TPSA) is 86.6 Å². The standard InChI is InChI=1S/C35H36F4N6O2/c1-4-23-27(36)9-6-19-12-22(46)13-24(28(19)23)30-29(37)31-25(14-40-30)33(45-15-20-7-8-21(16-45)41-20)43-34(42-31)47-18-35(3)17-44(5-2)11-10-26(35)32(38)39/h1,6,9,12-14,20-21,26,32,41,46H,5,7-8,10-11,15-18H2,2-3H3/t20-,21+,26-,35+/m1/s1. The van der Waals surface area contributed by atoms with Crippen molar-refractivity contribution in [2.24, 2.45) is 11.3 Å². The molecule has 7 rings (SSSR count). The molecule has 4 atom stereocenters. The molecule has 2 aromatic carbocycles. The Morgan fingerprint density at radius 2 is 1.91 bits per heavy atom. The van der Waals surface area contributed by atoms with Gasteiger partial charge in [-0.3, -0.25) is 4.98 Å². The molecule has 3 fully saturated rings. The molecule has 5 heterocycles. The Bertz CT molecular complexity index is 1890. The van der Waals surface area contributed by atoms with Crippen LogP contribution in [-0.4, -0.2) is 82.8 Å². The number of nitrogens with zero attached hydrogens (tertiary/aromatic N) is 5. The largest absolute Gasteiger partial charge is 0.508 e. The Kier molecular flexibility index (Phi) is 8.09. The lowest BCUT2D eigenvalue weighted by atomic mass is 9.73. The number of ether oxygens (including phenoxy) is 1. The van der Waals surface area contributed by atoms with E-state index >= 15 is 4.39 Å². The SMILES string of the molecule is C#Cc1c(F)ccc2cc(O)cc(-c3ncc4c(N5C[C@H]6CC[C@@H](C5)N6)nc(OC[C@]5(C)CN(CC)CC[C@@H]5C(F)F)nc4c3F)c12. The Hall–Kier alpha value is -4.21. The first-order valence-electron chi connectivity index (χ1n) is 16.0. The fraction of sp³-hybridized carbons (Fsp3) is 0.457. The van der Waals surface area contributed by atoms with Crippen LogP contribution in [0, 0.1) is 35.3 Å². The van der Waals surface area contributed by atoms with Crippen LogP contribution in [0.5, 0.6) is 11.8 Å². The van der Waals surface area contributed by atoms with Crippen molar-refractivity contribution in [2.75, 3.05) is 44.2 Å². The van der Waals surface area contributed by atoms with E-state index in [1.807, 2.05) is 6.92 Å². The van der Waals surface area contributed by atoms with Crippen molar-refractivity contribution in [1.82, 2.24) is 25.2 Å². The molecule has 3 saturated heterocycles. The van der Waals surface area contributed by atoms with E-state index in [9.17, 15) is 18.3 Å². The minimum absolute atomic E-state index is 0.0853. The van der Waals surface area contributed by atoms with Crippen molar-refractivity contribution in [3.8, 4) is 35.4 Å². The molecule has 246 valence electrons. The summed E-state index contributed by atoms with van der Waals surface area (Å²) < 4.78 is 66.2. The Morgan fingerprint density at radius 1 is 1.15 bits per heavy atom. The molecule has 0 unspecified atom stereocenters. The first-order valence-corrected chi connectivity index (χ1v) is 16.0. The zero-order valence-corrected chi connectivity index (χ0v) is 26.2. The number of piperazine rings is 1. The van der Waals surface area contributed by atoms with E-state index in [0.29, 0.717) is 49.2 Å². The highest BCUT2D eigenvalue weighted by molar-refractivity contribution is 6.03. The van der Waals surface area contributed by atoms with Crippen molar-refractivity contribution in [2.45, 2.75) is 51.6 Å². The first-order chi connectivity index (χ1) is 22.6. The summed E-state index contributed by atoms with van der Waals surface area (Å²) in [6, 6.07) is 5.71. The number of terminal acetylenes is 1. The first kappa shape index (κ1) is 31.4. The van der Waals surface area contributed by atoms with Crippen molar-refractivity contribution in [3.63, 3.8) is 0 Å². The zero-order chi connectivity index (χ0) is 33.0. The Morgan fingerprint density at radius 3 is 2.62 bits per heavy atom. The summed E-state index contributed by atoms with van der Waals surface area (Å²) in [4.78, 5) is 17.9. The number of likely N-dealkylation sites (tertiary alicyclic amines) is 1. The van der Waals surface area contributed by atoms with Crippen LogP contribution in [0.3, 0.4) is 0 Å². The van der Waals surface area contributed by atoms with E-state index in [-0.39, 0.29) is 58.2 Å². The number of phenolic OH excluding ortho intramolecular Hbond substituents is 1. The van der Waals surface area contributed by atoms with Gasteiger partial charge in [0.1, 0.15) is 28.6 Å². The quantitative estimate of drug-likeness (QED) is 0.194. The van der Waals surface area contributed by atoms with Crippen LogP contribution < -0.4 is 15.0 Å². The van der Waals surface area contributed by atoms with E-state index in [2.05, 4.69) is 31.0 Å². The van der Waals surface area contributed by atoms with Crippen LogP contribution in [0.25, 0.3) is 32.9 Å². The lowest BCUT2D eigenvalue weighted by Crippen LogP contribution is -2.52. The van der Waals surface area contributed by atoms with Crippen molar-refractivity contribution < 1.29 is 27.4 Å². The molecule has 2 aromatic heterocycles.